The van der Waals surface area contributed by atoms with Gasteiger partial charge in [0.1, 0.15) is 17.2 Å². The molecule has 3 rings (SSSR count). The van der Waals surface area contributed by atoms with E-state index in [1.54, 1.807) is 20.3 Å². The van der Waals surface area contributed by atoms with Crippen molar-refractivity contribution in [2.45, 2.75) is 32.1 Å². The molecule has 2 aromatic carbocycles. The summed E-state index contributed by atoms with van der Waals surface area (Å²) in [5.74, 6) is 2.28. The molecule has 30 heavy (non-hydrogen) atoms. The van der Waals surface area contributed by atoms with E-state index in [0.29, 0.717) is 11.5 Å². The lowest BCUT2D eigenvalue weighted by Crippen LogP contribution is -2.35. The van der Waals surface area contributed by atoms with Gasteiger partial charge in [0.15, 0.2) is 0 Å². The molecule has 2 atom stereocenters. The maximum atomic E-state index is 10.9. The summed E-state index contributed by atoms with van der Waals surface area (Å²) in [5, 5.41) is 10.9. The molecular formula is C25H36N2O3. The van der Waals surface area contributed by atoms with Gasteiger partial charge in [0.2, 0.25) is 0 Å². The number of nitrogens with zero attached hydrogens (tertiary/aromatic N) is 2. The van der Waals surface area contributed by atoms with E-state index >= 15 is 0 Å². The van der Waals surface area contributed by atoms with E-state index < -0.39 is 0 Å². The Morgan fingerprint density at radius 3 is 2.47 bits per heavy atom. The first-order chi connectivity index (χ1) is 14.4. The second-order valence-electron chi connectivity index (χ2n) is 8.64. The van der Waals surface area contributed by atoms with Crippen LogP contribution in [-0.4, -0.2) is 58.0 Å². The van der Waals surface area contributed by atoms with E-state index in [1.807, 2.05) is 20.2 Å². The van der Waals surface area contributed by atoms with Gasteiger partial charge in [-0.3, -0.25) is 0 Å². The number of phenols is 1. The summed E-state index contributed by atoms with van der Waals surface area (Å²) in [6, 6.07) is 12.2. The van der Waals surface area contributed by atoms with Crippen molar-refractivity contribution in [2.24, 2.45) is 5.92 Å². The first-order valence-corrected chi connectivity index (χ1v) is 10.9. The Morgan fingerprint density at radius 2 is 1.87 bits per heavy atom. The van der Waals surface area contributed by atoms with Crippen molar-refractivity contribution < 1.29 is 14.6 Å². The van der Waals surface area contributed by atoms with Crippen molar-refractivity contribution in [1.82, 2.24) is 4.90 Å². The SMILES string of the molecule is COc1cc(O)c(C(CCN2CCCC(C)C2)c2ccc(N(C)C)cc2)c(OC)c1. The molecule has 5 heteroatoms. The maximum Gasteiger partial charge on any atom is 0.130 e. The van der Waals surface area contributed by atoms with Crippen LogP contribution in [0.25, 0.3) is 0 Å². The number of phenolic OH excluding ortho intramolecular Hbond substituents is 1. The Morgan fingerprint density at radius 1 is 1.13 bits per heavy atom. The van der Waals surface area contributed by atoms with Crippen molar-refractivity contribution in [3.05, 3.63) is 47.5 Å². The molecule has 2 unspecified atom stereocenters. The summed E-state index contributed by atoms with van der Waals surface area (Å²) in [7, 11) is 7.34. The molecule has 0 bridgehead atoms. The number of rotatable bonds is 8. The molecule has 1 fully saturated rings. The van der Waals surface area contributed by atoms with E-state index in [9.17, 15) is 5.11 Å². The Balaban J connectivity index is 1.95. The minimum absolute atomic E-state index is 0.0410. The van der Waals surface area contributed by atoms with Crippen molar-refractivity contribution in [2.75, 3.05) is 52.8 Å². The van der Waals surface area contributed by atoms with Crippen LogP contribution in [0.1, 0.15) is 43.2 Å². The quantitative estimate of drug-likeness (QED) is 0.679. The van der Waals surface area contributed by atoms with Crippen LogP contribution in [0.3, 0.4) is 0 Å². The van der Waals surface area contributed by atoms with Gasteiger partial charge in [-0.15, -0.1) is 0 Å². The van der Waals surface area contributed by atoms with Gasteiger partial charge in [-0.1, -0.05) is 19.1 Å². The van der Waals surface area contributed by atoms with E-state index in [-0.39, 0.29) is 11.7 Å². The molecule has 1 heterocycles. The zero-order chi connectivity index (χ0) is 21.7. The molecule has 0 amide bonds. The Labute approximate surface area is 181 Å². The van der Waals surface area contributed by atoms with E-state index in [4.69, 9.17) is 9.47 Å². The van der Waals surface area contributed by atoms with Crippen molar-refractivity contribution in [3.8, 4) is 17.2 Å². The zero-order valence-corrected chi connectivity index (χ0v) is 19.0. The highest BCUT2D eigenvalue weighted by molar-refractivity contribution is 5.56. The number of methoxy groups -OCH3 is 2. The lowest BCUT2D eigenvalue weighted by atomic mass is 9.86. The summed E-state index contributed by atoms with van der Waals surface area (Å²) < 4.78 is 11.0. The van der Waals surface area contributed by atoms with E-state index in [0.717, 1.165) is 43.2 Å². The van der Waals surface area contributed by atoms with Crippen LogP contribution in [0.2, 0.25) is 0 Å². The van der Waals surface area contributed by atoms with Gasteiger partial charge in [0.25, 0.3) is 0 Å². The third-order valence-electron chi connectivity index (χ3n) is 6.18. The van der Waals surface area contributed by atoms with E-state index in [1.165, 1.54) is 18.4 Å². The monoisotopic (exact) mass is 412 g/mol. The number of aromatic hydroxyl groups is 1. The van der Waals surface area contributed by atoms with Crippen LogP contribution >= 0.6 is 0 Å². The van der Waals surface area contributed by atoms with Crippen LogP contribution in [0.4, 0.5) is 5.69 Å². The van der Waals surface area contributed by atoms with Gasteiger partial charge in [0.05, 0.1) is 14.2 Å². The molecule has 2 aromatic rings. The fourth-order valence-electron chi connectivity index (χ4n) is 4.51. The minimum atomic E-state index is 0.0410. The molecular weight excluding hydrogens is 376 g/mol. The second-order valence-corrected chi connectivity index (χ2v) is 8.64. The standard InChI is InChI=1S/C25H36N2O3/c1-18-7-6-13-27(17-18)14-12-22(19-8-10-20(11-9-19)26(2)3)25-23(28)15-21(29-4)16-24(25)30-5/h8-11,15-16,18,22,28H,6-7,12-14,17H2,1-5H3. The molecule has 0 saturated carbocycles. The lowest BCUT2D eigenvalue weighted by molar-refractivity contribution is 0.180. The molecule has 5 nitrogen and oxygen atoms in total. The highest BCUT2D eigenvalue weighted by Crippen LogP contribution is 2.43. The topological polar surface area (TPSA) is 45.2 Å². The molecule has 164 valence electrons. The Bertz CT molecular complexity index is 820. The van der Waals surface area contributed by atoms with Gasteiger partial charge in [-0.25, -0.2) is 0 Å². The van der Waals surface area contributed by atoms with Crippen molar-refractivity contribution >= 4 is 5.69 Å². The number of benzene rings is 2. The fraction of sp³-hybridized carbons (Fsp3) is 0.520. The molecule has 1 aliphatic heterocycles. The normalized spacial score (nSPS) is 18.1. The molecule has 1 saturated heterocycles. The van der Waals surface area contributed by atoms with Gasteiger partial charge >= 0.3 is 0 Å². The van der Waals surface area contributed by atoms with Gasteiger partial charge in [0, 0.05) is 49.9 Å². The van der Waals surface area contributed by atoms with Crippen LogP contribution in [0.5, 0.6) is 17.2 Å². The largest absolute Gasteiger partial charge is 0.507 e. The third-order valence-corrected chi connectivity index (χ3v) is 6.18. The van der Waals surface area contributed by atoms with Crippen LogP contribution < -0.4 is 14.4 Å². The second kappa shape index (κ2) is 10.1. The van der Waals surface area contributed by atoms with Crippen molar-refractivity contribution in [3.63, 3.8) is 0 Å². The van der Waals surface area contributed by atoms with Gasteiger partial charge in [-0.05, 0) is 56.0 Å². The number of anilines is 1. The summed E-state index contributed by atoms with van der Waals surface area (Å²) in [6.45, 7) is 5.64. The predicted octanol–water partition coefficient (Wildman–Crippen LogP) is 4.73. The highest BCUT2D eigenvalue weighted by Gasteiger charge is 2.25. The first kappa shape index (κ1) is 22.3. The van der Waals surface area contributed by atoms with Crippen LogP contribution in [0.15, 0.2) is 36.4 Å². The minimum Gasteiger partial charge on any atom is -0.507 e. The number of likely N-dealkylation sites (tertiary alicyclic amines) is 1. The highest BCUT2D eigenvalue weighted by atomic mass is 16.5. The van der Waals surface area contributed by atoms with E-state index in [2.05, 4.69) is 41.0 Å². The maximum absolute atomic E-state index is 10.9. The van der Waals surface area contributed by atoms with Crippen molar-refractivity contribution in [1.29, 1.82) is 0 Å². The molecule has 0 spiro atoms. The smallest absolute Gasteiger partial charge is 0.130 e. The number of piperidine rings is 1. The Kier molecular flexibility index (Phi) is 7.48. The Hall–Kier alpha value is -2.40. The first-order valence-electron chi connectivity index (χ1n) is 10.9. The zero-order valence-electron chi connectivity index (χ0n) is 19.0. The molecule has 1 N–H and O–H groups in total. The average Bonchev–Trinajstić information content (AvgIpc) is 2.74. The number of hydrogen-bond acceptors (Lipinski definition) is 5. The van der Waals surface area contributed by atoms with Crippen LogP contribution in [-0.2, 0) is 0 Å². The fourth-order valence-corrected chi connectivity index (χ4v) is 4.51. The summed E-state index contributed by atoms with van der Waals surface area (Å²) in [4.78, 5) is 4.65. The third kappa shape index (κ3) is 5.20. The summed E-state index contributed by atoms with van der Waals surface area (Å²) in [5.41, 5.74) is 3.18. The molecule has 0 aliphatic carbocycles. The molecule has 0 aromatic heterocycles. The molecule has 0 radical (unpaired) electrons. The average molecular weight is 413 g/mol. The molecule has 1 aliphatic rings. The van der Waals surface area contributed by atoms with Gasteiger partial charge in [-0.2, -0.15) is 0 Å². The van der Waals surface area contributed by atoms with Crippen LogP contribution in [0, 0.1) is 5.92 Å². The number of ether oxygens (including phenoxy) is 2. The predicted molar refractivity (Wildman–Crippen MR) is 123 cm³/mol. The van der Waals surface area contributed by atoms with Gasteiger partial charge < -0.3 is 24.4 Å². The summed E-state index contributed by atoms with van der Waals surface area (Å²) >= 11 is 0. The lowest BCUT2D eigenvalue weighted by Gasteiger charge is -2.32. The number of hydrogen-bond donors (Lipinski definition) is 1. The summed E-state index contributed by atoms with van der Waals surface area (Å²) in [6.07, 6.45) is 3.50.